The Morgan fingerprint density at radius 2 is 2.28 bits per heavy atom. The number of hydrogen-bond donors (Lipinski definition) is 1. The van der Waals surface area contributed by atoms with Crippen LogP contribution in [-0.2, 0) is 11.3 Å². The summed E-state index contributed by atoms with van der Waals surface area (Å²) in [6.45, 7) is 9.29. The van der Waals surface area contributed by atoms with E-state index in [1.807, 2.05) is 6.92 Å². The first-order chi connectivity index (χ1) is 12.3. The molecule has 0 bridgehead atoms. The zero-order valence-electron chi connectivity index (χ0n) is 15.5. The second-order valence-corrected chi connectivity index (χ2v) is 7.13. The summed E-state index contributed by atoms with van der Waals surface area (Å²) in [6.07, 6.45) is 5.85. The summed E-state index contributed by atoms with van der Waals surface area (Å²) in [5.74, 6) is 3.63. The second kappa shape index (κ2) is 9.17. The van der Waals surface area contributed by atoms with E-state index in [4.69, 9.17) is 14.3 Å². The van der Waals surface area contributed by atoms with Crippen LogP contribution in [0.4, 0.5) is 0 Å². The highest BCUT2D eigenvalue weighted by molar-refractivity contribution is 5.80. The Hall–Kier alpha value is -1.63. The first kappa shape index (κ1) is 18.2. The number of likely N-dealkylation sites (tertiary alicyclic amines) is 1. The van der Waals surface area contributed by atoms with E-state index in [0.29, 0.717) is 24.3 Å². The Kier molecular flexibility index (Phi) is 6.67. The number of nitrogens with one attached hydrogen (secondary N) is 1. The maximum Gasteiger partial charge on any atom is 0.248 e. The van der Waals surface area contributed by atoms with Gasteiger partial charge in [-0.15, -0.1) is 0 Å². The van der Waals surface area contributed by atoms with Crippen LogP contribution < -0.4 is 5.32 Å². The monoisotopic (exact) mass is 349 g/mol. The largest absolute Gasteiger partial charge is 0.382 e. The SMILES string of the molecule is CCOCCCNC(=NCc1nc(C2CC2)no1)N1CCC[C@@H](C)C1. The Morgan fingerprint density at radius 3 is 3.04 bits per heavy atom. The number of aliphatic imine (C=N–C) groups is 1. The number of ether oxygens (including phenoxy) is 1. The maximum absolute atomic E-state index is 5.41. The summed E-state index contributed by atoms with van der Waals surface area (Å²) >= 11 is 0. The van der Waals surface area contributed by atoms with Crippen LogP contribution in [0.25, 0.3) is 0 Å². The molecule has 0 spiro atoms. The molecule has 0 amide bonds. The topological polar surface area (TPSA) is 75.8 Å². The van der Waals surface area contributed by atoms with Gasteiger partial charge in [0.25, 0.3) is 0 Å². The minimum Gasteiger partial charge on any atom is -0.382 e. The summed E-state index contributed by atoms with van der Waals surface area (Å²) in [5.41, 5.74) is 0. The number of nitrogens with zero attached hydrogens (tertiary/aromatic N) is 4. The van der Waals surface area contributed by atoms with Crippen LogP contribution in [0, 0.1) is 5.92 Å². The Morgan fingerprint density at radius 1 is 1.40 bits per heavy atom. The van der Waals surface area contributed by atoms with Crippen LogP contribution in [0.1, 0.15) is 63.6 Å². The number of piperidine rings is 1. The molecule has 1 aliphatic carbocycles. The summed E-state index contributed by atoms with van der Waals surface area (Å²) in [5, 5.41) is 7.56. The van der Waals surface area contributed by atoms with E-state index in [2.05, 4.69) is 27.3 Å². The molecule has 3 rings (SSSR count). The normalized spacial score (nSPS) is 21.6. The van der Waals surface area contributed by atoms with Gasteiger partial charge in [-0.05, 0) is 44.9 Å². The Bertz CT molecular complexity index is 555. The first-order valence-electron chi connectivity index (χ1n) is 9.69. The zero-order valence-corrected chi connectivity index (χ0v) is 15.5. The third-order valence-corrected chi connectivity index (χ3v) is 4.70. The van der Waals surface area contributed by atoms with Crippen molar-refractivity contribution in [1.29, 1.82) is 0 Å². The fourth-order valence-corrected chi connectivity index (χ4v) is 3.15. The summed E-state index contributed by atoms with van der Waals surface area (Å²) < 4.78 is 10.8. The molecular formula is C18H31N5O2. The average Bonchev–Trinajstić information content (AvgIpc) is 3.36. The van der Waals surface area contributed by atoms with Crippen molar-refractivity contribution in [1.82, 2.24) is 20.4 Å². The van der Waals surface area contributed by atoms with E-state index < -0.39 is 0 Å². The predicted molar refractivity (Wildman–Crippen MR) is 96.5 cm³/mol. The third kappa shape index (κ3) is 5.70. The molecule has 1 aliphatic heterocycles. The standard InChI is InChI=1S/C18H31N5O2/c1-3-24-11-5-9-19-18(23-10-4-6-14(2)13-23)20-12-16-21-17(22-25-16)15-7-8-15/h14-15H,3-13H2,1-2H3,(H,19,20)/t14-/m1/s1. The fraction of sp³-hybridized carbons (Fsp3) is 0.833. The van der Waals surface area contributed by atoms with E-state index in [-0.39, 0.29) is 0 Å². The smallest absolute Gasteiger partial charge is 0.248 e. The number of guanidine groups is 1. The quantitative estimate of drug-likeness (QED) is 0.442. The van der Waals surface area contributed by atoms with Gasteiger partial charge in [0.05, 0.1) is 0 Å². The van der Waals surface area contributed by atoms with Crippen molar-refractivity contribution in [3.8, 4) is 0 Å². The van der Waals surface area contributed by atoms with E-state index in [9.17, 15) is 0 Å². The fourth-order valence-electron chi connectivity index (χ4n) is 3.15. The van der Waals surface area contributed by atoms with Crippen molar-refractivity contribution < 1.29 is 9.26 Å². The zero-order chi connectivity index (χ0) is 17.5. The molecule has 2 fully saturated rings. The van der Waals surface area contributed by atoms with Crippen molar-refractivity contribution in [2.24, 2.45) is 10.9 Å². The molecule has 1 aromatic heterocycles. The van der Waals surface area contributed by atoms with Gasteiger partial charge < -0.3 is 19.5 Å². The highest BCUT2D eigenvalue weighted by atomic mass is 16.5. The van der Waals surface area contributed by atoms with E-state index >= 15 is 0 Å². The van der Waals surface area contributed by atoms with Crippen molar-refractivity contribution in [3.05, 3.63) is 11.7 Å². The van der Waals surface area contributed by atoms with Gasteiger partial charge in [-0.1, -0.05) is 12.1 Å². The van der Waals surface area contributed by atoms with Gasteiger partial charge in [0, 0.05) is 38.8 Å². The minimum atomic E-state index is 0.443. The number of hydrogen-bond acceptors (Lipinski definition) is 5. The molecule has 2 aliphatic rings. The van der Waals surface area contributed by atoms with Gasteiger partial charge in [0.15, 0.2) is 11.8 Å². The number of aromatic nitrogens is 2. The third-order valence-electron chi connectivity index (χ3n) is 4.70. The number of rotatable bonds is 8. The van der Waals surface area contributed by atoms with Gasteiger partial charge in [0.1, 0.15) is 6.54 Å². The van der Waals surface area contributed by atoms with Gasteiger partial charge in [-0.25, -0.2) is 4.99 Å². The lowest BCUT2D eigenvalue weighted by atomic mass is 10.0. The van der Waals surface area contributed by atoms with Crippen molar-refractivity contribution in [2.45, 2.75) is 58.4 Å². The maximum atomic E-state index is 5.41. The van der Waals surface area contributed by atoms with Crippen molar-refractivity contribution in [2.75, 3.05) is 32.8 Å². The van der Waals surface area contributed by atoms with E-state index in [1.54, 1.807) is 0 Å². The van der Waals surface area contributed by atoms with E-state index in [0.717, 1.165) is 51.1 Å². The molecule has 0 unspecified atom stereocenters. The van der Waals surface area contributed by atoms with E-state index in [1.165, 1.54) is 25.7 Å². The first-order valence-corrected chi connectivity index (χ1v) is 9.69. The summed E-state index contributed by atoms with van der Waals surface area (Å²) in [4.78, 5) is 11.6. The molecule has 25 heavy (non-hydrogen) atoms. The van der Waals surface area contributed by atoms with Crippen LogP contribution in [0.3, 0.4) is 0 Å². The molecule has 1 N–H and O–H groups in total. The van der Waals surface area contributed by atoms with Crippen LogP contribution in [-0.4, -0.2) is 53.8 Å². The predicted octanol–water partition coefficient (Wildman–Crippen LogP) is 2.55. The molecule has 1 aromatic rings. The lowest BCUT2D eigenvalue weighted by Gasteiger charge is -2.33. The van der Waals surface area contributed by atoms with Crippen molar-refractivity contribution in [3.63, 3.8) is 0 Å². The molecule has 0 radical (unpaired) electrons. The summed E-state index contributed by atoms with van der Waals surface area (Å²) in [6, 6.07) is 0. The Balaban J connectivity index is 1.56. The molecular weight excluding hydrogens is 318 g/mol. The van der Waals surface area contributed by atoms with Crippen LogP contribution >= 0.6 is 0 Å². The molecule has 140 valence electrons. The molecule has 7 nitrogen and oxygen atoms in total. The lowest BCUT2D eigenvalue weighted by molar-refractivity contribution is 0.145. The average molecular weight is 349 g/mol. The van der Waals surface area contributed by atoms with Crippen LogP contribution in [0.2, 0.25) is 0 Å². The lowest BCUT2D eigenvalue weighted by Crippen LogP contribution is -2.46. The van der Waals surface area contributed by atoms with Gasteiger partial charge in [0.2, 0.25) is 5.89 Å². The van der Waals surface area contributed by atoms with Gasteiger partial charge in [-0.3, -0.25) is 0 Å². The highest BCUT2D eigenvalue weighted by Crippen LogP contribution is 2.38. The summed E-state index contributed by atoms with van der Waals surface area (Å²) in [7, 11) is 0. The molecule has 7 heteroatoms. The Labute approximate surface area is 150 Å². The highest BCUT2D eigenvalue weighted by Gasteiger charge is 2.28. The molecule has 0 aromatic carbocycles. The molecule has 1 saturated heterocycles. The van der Waals surface area contributed by atoms with Gasteiger partial charge >= 0.3 is 0 Å². The molecule has 2 heterocycles. The van der Waals surface area contributed by atoms with Crippen LogP contribution in [0.5, 0.6) is 0 Å². The molecule has 1 atom stereocenters. The second-order valence-electron chi connectivity index (χ2n) is 7.13. The molecule has 1 saturated carbocycles. The minimum absolute atomic E-state index is 0.443. The van der Waals surface area contributed by atoms with Gasteiger partial charge in [-0.2, -0.15) is 4.98 Å². The van der Waals surface area contributed by atoms with Crippen molar-refractivity contribution >= 4 is 5.96 Å². The van der Waals surface area contributed by atoms with Crippen LogP contribution in [0.15, 0.2) is 9.52 Å².